The third-order valence-electron chi connectivity index (χ3n) is 2.27. The molecule has 0 saturated carbocycles. The second-order valence-corrected chi connectivity index (χ2v) is 4.04. The molecule has 1 aromatic rings. The van der Waals surface area contributed by atoms with Gasteiger partial charge in [-0.1, -0.05) is 0 Å². The van der Waals surface area contributed by atoms with E-state index in [9.17, 15) is 4.79 Å². The Balaban J connectivity index is 2.79. The van der Waals surface area contributed by atoms with Crippen molar-refractivity contribution < 1.29 is 13.9 Å². The van der Waals surface area contributed by atoms with Gasteiger partial charge in [-0.25, -0.2) is 0 Å². The van der Waals surface area contributed by atoms with Gasteiger partial charge >= 0.3 is 0 Å². The lowest BCUT2D eigenvalue weighted by Gasteiger charge is -2.26. The molecule has 1 rings (SSSR count). The maximum Gasteiger partial charge on any atom is 0.259 e. The van der Waals surface area contributed by atoms with Gasteiger partial charge in [0.15, 0.2) is 0 Å². The molecule has 4 nitrogen and oxygen atoms in total. The summed E-state index contributed by atoms with van der Waals surface area (Å²) in [6, 6.07) is 1.67. The van der Waals surface area contributed by atoms with Gasteiger partial charge in [0.05, 0.1) is 18.4 Å². The van der Waals surface area contributed by atoms with Crippen molar-refractivity contribution in [2.75, 3.05) is 20.3 Å². The second kappa shape index (κ2) is 5.92. The predicted molar refractivity (Wildman–Crippen MR) is 61.8 cm³/mol. The van der Waals surface area contributed by atoms with Gasteiger partial charge in [-0.05, 0) is 31.5 Å². The number of ether oxygens (including phenoxy) is 1. The first-order valence-corrected chi connectivity index (χ1v) is 5.48. The number of nitrogens with zero attached hydrogens (tertiary/aromatic N) is 1. The van der Waals surface area contributed by atoms with Crippen LogP contribution in [0.4, 0.5) is 0 Å². The van der Waals surface area contributed by atoms with Crippen LogP contribution >= 0.6 is 11.6 Å². The first kappa shape index (κ1) is 13.1. The van der Waals surface area contributed by atoms with Crippen LogP contribution in [0.3, 0.4) is 0 Å². The Morgan fingerprint density at radius 2 is 2.31 bits per heavy atom. The van der Waals surface area contributed by atoms with Gasteiger partial charge in [0.1, 0.15) is 0 Å². The highest BCUT2D eigenvalue weighted by atomic mass is 35.5. The van der Waals surface area contributed by atoms with Gasteiger partial charge in [-0.2, -0.15) is 0 Å². The van der Waals surface area contributed by atoms with E-state index in [0.29, 0.717) is 18.7 Å². The number of methoxy groups -OCH3 is 1. The molecule has 1 amide bonds. The minimum Gasteiger partial charge on any atom is -0.452 e. The summed E-state index contributed by atoms with van der Waals surface area (Å²) in [6.07, 6.45) is 1.41. The molecule has 1 heterocycles. The molecule has 0 saturated heterocycles. The predicted octanol–water partition coefficient (Wildman–Crippen LogP) is 2.43. The topological polar surface area (TPSA) is 42.7 Å². The number of carbonyl (C=O) groups excluding carboxylic acids is 1. The Kier molecular flexibility index (Phi) is 4.83. The SMILES string of the molecule is COCCN(C(=O)c1ccoc1Cl)C(C)C. The first-order valence-electron chi connectivity index (χ1n) is 5.10. The molecular formula is C11H16ClNO3. The molecule has 0 fully saturated rings. The van der Waals surface area contributed by atoms with Crippen molar-refractivity contribution in [2.24, 2.45) is 0 Å². The summed E-state index contributed by atoms with van der Waals surface area (Å²) >= 11 is 5.77. The zero-order chi connectivity index (χ0) is 12.1. The van der Waals surface area contributed by atoms with Crippen LogP contribution in [0.5, 0.6) is 0 Å². The van der Waals surface area contributed by atoms with Gasteiger partial charge in [-0.15, -0.1) is 0 Å². The molecule has 0 atom stereocenters. The standard InChI is InChI=1S/C11H16ClNO3/c1-8(2)13(5-7-15-3)11(14)9-4-6-16-10(9)12/h4,6,8H,5,7H2,1-3H3. The summed E-state index contributed by atoms with van der Waals surface area (Å²) in [7, 11) is 1.60. The van der Waals surface area contributed by atoms with Crippen LogP contribution in [-0.2, 0) is 4.74 Å². The smallest absolute Gasteiger partial charge is 0.259 e. The van der Waals surface area contributed by atoms with E-state index in [1.807, 2.05) is 13.8 Å². The molecule has 0 aliphatic carbocycles. The van der Waals surface area contributed by atoms with E-state index in [1.165, 1.54) is 6.26 Å². The molecule has 0 aromatic carbocycles. The van der Waals surface area contributed by atoms with Crippen LogP contribution in [0.1, 0.15) is 24.2 Å². The molecule has 1 aromatic heterocycles. The fourth-order valence-electron chi connectivity index (χ4n) is 1.38. The van der Waals surface area contributed by atoms with Crippen LogP contribution in [0, 0.1) is 0 Å². The molecule has 0 aliphatic rings. The number of carbonyl (C=O) groups is 1. The molecular weight excluding hydrogens is 230 g/mol. The maximum absolute atomic E-state index is 12.1. The Labute approximate surface area is 100 Å². The average molecular weight is 246 g/mol. The fraction of sp³-hybridized carbons (Fsp3) is 0.545. The van der Waals surface area contributed by atoms with Gasteiger partial charge in [0, 0.05) is 19.7 Å². The summed E-state index contributed by atoms with van der Waals surface area (Å²) in [5, 5.41) is 0.132. The molecule has 0 bridgehead atoms. The highest BCUT2D eigenvalue weighted by Gasteiger charge is 2.22. The highest BCUT2D eigenvalue weighted by molar-refractivity contribution is 6.32. The van der Waals surface area contributed by atoms with Crippen LogP contribution in [-0.4, -0.2) is 37.1 Å². The van der Waals surface area contributed by atoms with Crippen molar-refractivity contribution in [1.29, 1.82) is 0 Å². The molecule has 5 heteroatoms. The number of amides is 1. The number of halogens is 1. The summed E-state index contributed by atoms with van der Waals surface area (Å²) in [6.45, 7) is 4.93. The zero-order valence-corrected chi connectivity index (χ0v) is 10.5. The van der Waals surface area contributed by atoms with E-state index in [1.54, 1.807) is 18.1 Å². The fourth-order valence-corrected chi connectivity index (χ4v) is 1.58. The normalized spacial score (nSPS) is 10.8. The van der Waals surface area contributed by atoms with E-state index >= 15 is 0 Å². The lowest BCUT2D eigenvalue weighted by molar-refractivity contribution is 0.0634. The monoisotopic (exact) mass is 245 g/mol. The minimum absolute atomic E-state index is 0.0913. The number of hydrogen-bond donors (Lipinski definition) is 0. The Hall–Kier alpha value is -1.00. The van der Waals surface area contributed by atoms with Crippen LogP contribution in [0.25, 0.3) is 0 Å². The lowest BCUT2D eigenvalue weighted by atomic mass is 10.2. The first-order chi connectivity index (χ1) is 7.57. The van der Waals surface area contributed by atoms with Gasteiger partial charge in [-0.3, -0.25) is 4.79 Å². The van der Waals surface area contributed by atoms with Crippen molar-refractivity contribution in [1.82, 2.24) is 4.90 Å². The van der Waals surface area contributed by atoms with E-state index < -0.39 is 0 Å². The molecule has 0 unspecified atom stereocenters. The minimum atomic E-state index is -0.134. The summed E-state index contributed by atoms with van der Waals surface area (Å²) in [5.74, 6) is -0.134. The molecule has 0 spiro atoms. The second-order valence-electron chi connectivity index (χ2n) is 3.69. The lowest BCUT2D eigenvalue weighted by Crippen LogP contribution is -2.39. The van der Waals surface area contributed by atoms with Crippen molar-refractivity contribution in [2.45, 2.75) is 19.9 Å². The third kappa shape index (κ3) is 3.00. The summed E-state index contributed by atoms with van der Waals surface area (Å²) < 4.78 is 9.88. The Morgan fingerprint density at radius 1 is 1.62 bits per heavy atom. The number of hydrogen-bond acceptors (Lipinski definition) is 3. The maximum atomic E-state index is 12.1. The number of rotatable bonds is 5. The quantitative estimate of drug-likeness (QED) is 0.800. The van der Waals surface area contributed by atoms with Gasteiger partial charge in [0.25, 0.3) is 5.91 Å². The van der Waals surface area contributed by atoms with Crippen molar-refractivity contribution in [3.05, 3.63) is 23.1 Å². The van der Waals surface area contributed by atoms with Gasteiger partial charge < -0.3 is 14.1 Å². The molecule has 0 radical (unpaired) electrons. The number of furan rings is 1. The Bertz CT molecular complexity index is 349. The molecule has 0 aliphatic heterocycles. The highest BCUT2D eigenvalue weighted by Crippen LogP contribution is 2.19. The van der Waals surface area contributed by atoms with E-state index in [4.69, 9.17) is 20.8 Å². The third-order valence-corrected chi connectivity index (χ3v) is 2.56. The van der Waals surface area contributed by atoms with Crippen LogP contribution in [0.15, 0.2) is 16.7 Å². The van der Waals surface area contributed by atoms with Crippen molar-refractivity contribution >= 4 is 17.5 Å². The summed E-state index contributed by atoms with van der Waals surface area (Å²) in [4.78, 5) is 13.8. The zero-order valence-electron chi connectivity index (χ0n) is 9.70. The van der Waals surface area contributed by atoms with E-state index in [2.05, 4.69) is 0 Å². The van der Waals surface area contributed by atoms with Crippen LogP contribution < -0.4 is 0 Å². The molecule has 16 heavy (non-hydrogen) atoms. The van der Waals surface area contributed by atoms with Crippen LogP contribution in [0.2, 0.25) is 5.22 Å². The molecule has 90 valence electrons. The molecule has 0 N–H and O–H groups in total. The van der Waals surface area contributed by atoms with E-state index in [0.717, 1.165) is 0 Å². The van der Waals surface area contributed by atoms with Crippen molar-refractivity contribution in [3.63, 3.8) is 0 Å². The van der Waals surface area contributed by atoms with Crippen molar-refractivity contribution in [3.8, 4) is 0 Å². The van der Waals surface area contributed by atoms with E-state index in [-0.39, 0.29) is 17.2 Å². The van der Waals surface area contributed by atoms with Gasteiger partial charge in [0.2, 0.25) is 5.22 Å². The summed E-state index contributed by atoms with van der Waals surface area (Å²) in [5.41, 5.74) is 0.395. The largest absolute Gasteiger partial charge is 0.452 e. The average Bonchev–Trinajstić information content (AvgIpc) is 2.64. The Morgan fingerprint density at radius 3 is 2.75 bits per heavy atom.